The van der Waals surface area contributed by atoms with Crippen LogP contribution in [0.25, 0.3) is 11.4 Å². The molecule has 164 valence electrons. The van der Waals surface area contributed by atoms with E-state index in [4.69, 9.17) is 4.52 Å². The number of hydrogen-bond acceptors (Lipinski definition) is 5. The van der Waals surface area contributed by atoms with Crippen molar-refractivity contribution in [1.82, 2.24) is 20.4 Å². The molecule has 2 aromatic carbocycles. The summed E-state index contributed by atoms with van der Waals surface area (Å²) in [5.41, 5.74) is 4.13. The minimum absolute atomic E-state index is 0.0262. The quantitative estimate of drug-likeness (QED) is 0.664. The highest BCUT2D eigenvalue weighted by Gasteiger charge is 2.45. The fraction of sp³-hybridized carbons (Fsp3) is 0.360. The summed E-state index contributed by atoms with van der Waals surface area (Å²) in [4.78, 5) is 31.8. The first-order valence-electron chi connectivity index (χ1n) is 11.1. The molecule has 1 aliphatic heterocycles. The molecule has 3 atom stereocenters. The predicted octanol–water partition coefficient (Wildman–Crippen LogP) is 4.36. The standard InChI is InChI=1S/C25H26N4O3/c1-15-7-9-17(10-8-15)14-29-24(30)20-12-11-18(13-21(20)26-25(29)31)23-27-22(28-32-23)19-6-4-3-5-16(19)2/h3-10,18,20-21H,11-14H2,1-2H3,(H,26,31). The molecule has 1 aliphatic carbocycles. The number of fused-ring (bicyclic) bond motifs is 1. The van der Waals surface area contributed by atoms with Crippen molar-refractivity contribution in [3.8, 4) is 11.4 Å². The minimum Gasteiger partial charge on any atom is -0.339 e. The molecule has 3 unspecified atom stereocenters. The second-order valence-corrected chi connectivity index (χ2v) is 8.85. The summed E-state index contributed by atoms with van der Waals surface area (Å²) in [5, 5.41) is 7.23. The first-order valence-corrected chi connectivity index (χ1v) is 11.1. The van der Waals surface area contributed by atoms with Crippen LogP contribution in [0.4, 0.5) is 4.79 Å². The monoisotopic (exact) mass is 430 g/mol. The van der Waals surface area contributed by atoms with Crippen LogP contribution in [-0.4, -0.2) is 33.0 Å². The molecule has 2 aliphatic rings. The Morgan fingerprint density at radius 1 is 1.06 bits per heavy atom. The van der Waals surface area contributed by atoms with Gasteiger partial charge in [0.15, 0.2) is 0 Å². The van der Waals surface area contributed by atoms with E-state index in [2.05, 4.69) is 15.5 Å². The molecule has 2 fully saturated rings. The van der Waals surface area contributed by atoms with Gasteiger partial charge in [0, 0.05) is 17.5 Å². The summed E-state index contributed by atoms with van der Waals surface area (Å²) in [5.74, 6) is 0.870. The number of carbonyl (C=O) groups is 2. The fourth-order valence-corrected chi connectivity index (χ4v) is 4.75. The van der Waals surface area contributed by atoms with Gasteiger partial charge in [0.05, 0.1) is 12.5 Å². The highest BCUT2D eigenvalue weighted by molar-refractivity contribution is 5.98. The van der Waals surface area contributed by atoms with E-state index in [-0.39, 0.29) is 29.8 Å². The molecule has 1 saturated heterocycles. The Labute approximate surface area is 186 Å². The van der Waals surface area contributed by atoms with Crippen LogP contribution in [0.3, 0.4) is 0 Å². The molecule has 2 heterocycles. The van der Waals surface area contributed by atoms with Crippen molar-refractivity contribution >= 4 is 11.9 Å². The Bertz CT molecular complexity index is 1150. The first kappa shape index (κ1) is 20.4. The number of benzene rings is 2. The number of rotatable bonds is 4. The van der Waals surface area contributed by atoms with Crippen molar-refractivity contribution in [1.29, 1.82) is 0 Å². The van der Waals surface area contributed by atoms with Gasteiger partial charge in [-0.15, -0.1) is 0 Å². The average molecular weight is 431 g/mol. The number of aromatic nitrogens is 2. The van der Waals surface area contributed by atoms with Gasteiger partial charge in [-0.1, -0.05) is 59.3 Å². The molecular weight excluding hydrogens is 404 g/mol. The number of imide groups is 1. The number of amides is 3. The lowest BCUT2D eigenvalue weighted by Gasteiger charge is -2.41. The van der Waals surface area contributed by atoms with Crippen LogP contribution in [0.15, 0.2) is 53.1 Å². The summed E-state index contributed by atoms with van der Waals surface area (Å²) in [6.07, 6.45) is 2.08. The van der Waals surface area contributed by atoms with Crippen molar-refractivity contribution in [3.63, 3.8) is 0 Å². The van der Waals surface area contributed by atoms with Gasteiger partial charge in [-0.25, -0.2) is 4.79 Å². The maximum atomic E-state index is 13.1. The number of urea groups is 1. The van der Waals surface area contributed by atoms with Crippen molar-refractivity contribution in [3.05, 3.63) is 71.1 Å². The van der Waals surface area contributed by atoms with Crippen LogP contribution in [0.5, 0.6) is 0 Å². The number of aryl methyl sites for hydroxylation is 2. The average Bonchev–Trinajstić information content (AvgIpc) is 3.28. The first-order chi connectivity index (χ1) is 15.5. The maximum Gasteiger partial charge on any atom is 0.324 e. The summed E-state index contributed by atoms with van der Waals surface area (Å²) < 4.78 is 5.59. The second-order valence-electron chi connectivity index (χ2n) is 8.85. The molecule has 5 rings (SSSR count). The van der Waals surface area contributed by atoms with Crippen LogP contribution < -0.4 is 5.32 Å². The molecule has 1 N–H and O–H groups in total. The van der Waals surface area contributed by atoms with Gasteiger partial charge < -0.3 is 9.84 Å². The van der Waals surface area contributed by atoms with Crippen LogP contribution in [-0.2, 0) is 11.3 Å². The van der Waals surface area contributed by atoms with E-state index in [0.29, 0.717) is 31.1 Å². The highest BCUT2D eigenvalue weighted by atomic mass is 16.5. The van der Waals surface area contributed by atoms with Gasteiger partial charge in [0.2, 0.25) is 17.6 Å². The van der Waals surface area contributed by atoms with Crippen LogP contribution in [0.1, 0.15) is 47.8 Å². The predicted molar refractivity (Wildman–Crippen MR) is 119 cm³/mol. The van der Waals surface area contributed by atoms with Crippen LogP contribution >= 0.6 is 0 Å². The third kappa shape index (κ3) is 3.79. The molecule has 3 aromatic rings. The Balaban J connectivity index is 1.29. The molecule has 32 heavy (non-hydrogen) atoms. The lowest BCUT2D eigenvalue weighted by atomic mass is 9.76. The Morgan fingerprint density at radius 3 is 2.62 bits per heavy atom. The van der Waals surface area contributed by atoms with E-state index in [0.717, 1.165) is 28.7 Å². The smallest absolute Gasteiger partial charge is 0.324 e. The van der Waals surface area contributed by atoms with Gasteiger partial charge in [-0.3, -0.25) is 9.69 Å². The van der Waals surface area contributed by atoms with Crippen LogP contribution in [0.2, 0.25) is 0 Å². The molecule has 0 radical (unpaired) electrons. The minimum atomic E-state index is -0.330. The van der Waals surface area contributed by atoms with Crippen molar-refractivity contribution in [2.75, 3.05) is 0 Å². The number of nitrogens with zero attached hydrogens (tertiary/aromatic N) is 3. The van der Waals surface area contributed by atoms with Gasteiger partial charge >= 0.3 is 6.03 Å². The number of nitrogens with one attached hydrogen (secondary N) is 1. The molecule has 7 nitrogen and oxygen atoms in total. The fourth-order valence-electron chi connectivity index (χ4n) is 4.75. The van der Waals surface area contributed by atoms with E-state index in [1.165, 1.54) is 4.90 Å². The lowest BCUT2D eigenvalue weighted by molar-refractivity contribution is -0.137. The third-order valence-corrected chi connectivity index (χ3v) is 6.63. The van der Waals surface area contributed by atoms with E-state index >= 15 is 0 Å². The summed E-state index contributed by atoms with van der Waals surface area (Å²) in [6.45, 7) is 4.32. The van der Waals surface area contributed by atoms with Gasteiger partial charge in [0.25, 0.3) is 0 Å². The Hall–Kier alpha value is -3.48. The van der Waals surface area contributed by atoms with Crippen LogP contribution in [0, 0.1) is 19.8 Å². The highest BCUT2D eigenvalue weighted by Crippen LogP contribution is 2.38. The Morgan fingerprint density at radius 2 is 1.84 bits per heavy atom. The zero-order valence-electron chi connectivity index (χ0n) is 18.2. The summed E-state index contributed by atoms with van der Waals surface area (Å²) >= 11 is 0. The van der Waals surface area contributed by atoms with E-state index in [1.807, 2.05) is 62.4 Å². The van der Waals surface area contributed by atoms with Gasteiger partial charge in [-0.2, -0.15) is 4.98 Å². The maximum absolute atomic E-state index is 13.1. The number of hydrogen-bond donors (Lipinski definition) is 1. The van der Waals surface area contributed by atoms with Gasteiger partial charge in [0.1, 0.15) is 0 Å². The molecule has 7 heteroatoms. The molecule has 0 spiro atoms. The van der Waals surface area contributed by atoms with E-state index in [1.54, 1.807) is 0 Å². The van der Waals surface area contributed by atoms with E-state index < -0.39 is 0 Å². The second kappa shape index (κ2) is 8.22. The zero-order valence-corrected chi connectivity index (χ0v) is 18.2. The summed E-state index contributed by atoms with van der Waals surface area (Å²) in [6, 6.07) is 15.3. The molecule has 1 aromatic heterocycles. The molecular formula is C25H26N4O3. The lowest BCUT2D eigenvalue weighted by Crippen LogP contribution is -2.60. The summed E-state index contributed by atoms with van der Waals surface area (Å²) in [7, 11) is 0. The SMILES string of the molecule is Cc1ccc(CN2C(=O)NC3CC(c4nc(-c5ccccc5C)no4)CCC3C2=O)cc1. The molecule has 0 bridgehead atoms. The van der Waals surface area contributed by atoms with Crippen molar-refractivity contribution in [2.24, 2.45) is 5.92 Å². The van der Waals surface area contributed by atoms with Crippen molar-refractivity contribution in [2.45, 2.75) is 51.6 Å². The Kier molecular flexibility index (Phi) is 5.25. The largest absolute Gasteiger partial charge is 0.339 e. The zero-order chi connectivity index (χ0) is 22.2. The molecule has 1 saturated carbocycles. The topological polar surface area (TPSA) is 88.3 Å². The molecule has 3 amide bonds. The normalized spacial score (nSPS) is 23.1. The van der Waals surface area contributed by atoms with Gasteiger partial charge in [-0.05, 0) is 44.2 Å². The third-order valence-electron chi connectivity index (χ3n) is 6.63. The van der Waals surface area contributed by atoms with Crippen molar-refractivity contribution < 1.29 is 14.1 Å². The number of carbonyl (C=O) groups excluding carboxylic acids is 2. The van der Waals surface area contributed by atoms with E-state index in [9.17, 15) is 9.59 Å².